The molecule has 0 N–H and O–H groups in total. The van der Waals surface area contributed by atoms with Crippen LogP contribution >= 0.6 is 0 Å². The molecule has 0 spiro atoms. The Morgan fingerprint density at radius 2 is 1.02 bits per heavy atom. The van der Waals surface area contributed by atoms with Crippen LogP contribution in [0.25, 0.3) is 76.2 Å². The van der Waals surface area contributed by atoms with Crippen LogP contribution in [0.3, 0.4) is 0 Å². The van der Waals surface area contributed by atoms with E-state index in [9.17, 15) is 0 Å². The lowest BCUT2D eigenvalue weighted by atomic mass is 9.94. The van der Waals surface area contributed by atoms with Crippen LogP contribution in [0, 0.1) is 0 Å². The zero-order valence-electron chi connectivity index (χ0n) is 26.1. The molecule has 2 nitrogen and oxygen atoms in total. The molecule has 0 atom stereocenters. The van der Waals surface area contributed by atoms with E-state index in [1.165, 1.54) is 48.8 Å². The number of anilines is 3. The summed E-state index contributed by atoms with van der Waals surface area (Å²) < 4.78 is 6.43. The Labute approximate surface area is 277 Å². The smallest absolute Gasteiger partial charge is 0.136 e. The van der Waals surface area contributed by atoms with E-state index in [1.807, 2.05) is 12.1 Å². The van der Waals surface area contributed by atoms with E-state index in [2.05, 4.69) is 169 Å². The van der Waals surface area contributed by atoms with Gasteiger partial charge in [0, 0.05) is 27.2 Å². The third-order valence-corrected chi connectivity index (χ3v) is 9.77. The molecule has 1 aromatic heterocycles. The summed E-state index contributed by atoms with van der Waals surface area (Å²) in [5.74, 6) is 0. The number of hydrogen-bond acceptors (Lipinski definition) is 2. The van der Waals surface area contributed by atoms with Crippen LogP contribution in [0.1, 0.15) is 0 Å². The molecule has 0 aliphatic carbocycles. The molecule has 0 amide bonds. The van der Waals surface area contributed by atoms with Gasteiger partial charge in [-0.15, -0.1) is 0 Å². The van der Waals surface area contributed by atoms with Crippen LogP contribution < -0.4 is 4.90 Å². The summed E-state index contributed by atoms with van der Waals surface area (Å²) in [7, 11) is 0. The van der Waals surface area contributed by atoms with Crippen molar-refractivity contribution >= 4 is 82.1 Å². The van der Waals surface area contributed by atoms with Crippen LogP contribution in [0.15, 0.2) is 180 Å². The number of furan rings is 1. The molecule has 1 heterocycles. The molecule has 0 bridgehead atoms. The minimum absolute atomic E-state index is 0.893. The molecular weight excluding hydrogens is 583 g/mol. The van der Waals surface area contributed by atoms with E-state index in [1.54, 1.807) is 0 Å². The van der Waals surface area contributed by atoms with E-state index in [-0.39, 0.29) is 0 Å². The fraction of sp³-hybridized carbons (Fsp3) is 0. The first kappa shape index (κ1) is 26.8. The zero-order chi connectivity index (χ0) is 31.6. The number of nitrogens with zero attached hydrogens (tertiary/aromatic N) is 1. The van der Waals surface area contributed by atoms with Crippen molar-refractivity contribution in [3.05, 3.63) is 176 Å². The molecule has 224 valence electrons. The Morgan fingerprint density at radius 1 is 0.333 bits per heavy atom. The summed E-state index contributed by atoms with van der Waals surface area (Å²) >= 11 is 0. The van der Waals surface area contributed by atoms with Crippen LogP contribution in [-0.2, 0) is 0 Å². The second kappa shape index (κ2) is 10.6. The molecule has 0 radical (unpaired) electrons. The van der Waals surface area contributed by atoms with Crippen molar-refractivity contribution in [3.8, 4) is 11.1 Å². The molecular formula is C46H29NO. The predicted molar refractivity (Wildman–Crippen MR) is 204 cm³/mol. The summed E-state index contributed by atoms with van der Waals surface area (Å²) in [6.07, 6.45) is 0. The van der Waals surface area contributed by atoms with Crippen molar-refractivity contribution in [2.45, 2.75) is 0 Å². The molecule has 0 fully saturated rings. The van der Waals surface area contributed by atoms with Gasteiger partial charge in [-0.1, -0.05) is 133 Å². The molecule has 2 heteroatoms. The summed E-state index contributed by atoms with van der Waals surface area (Å²) in [6, 6.07) is 63.4. The molecule has 0 saturated carbocycles. The normalized spacial score (nSPS) is 11.8. The molecule has 10 aromatic rings. The van der Waals surface area contributed by atoms with Gasteiger partial charge in [-0.25, -0.2) is 0 Å². The monoisotopic (exact) mass is 611 g/mol. The third-order valence-electron chi connectivity index (χ3n) is 9.77. The molecule has 9 aromatic carbocycles. The first-order chi connectivity index (χ1) is 23.8. The predicted octanol–water partition coefficient (Wildman–Crippen LogP) is 13.3. The van der Waals surface area contributed by atoms with Gasteiger partial charge in [0.1, 0.15) is 11.2 Å². The number of para-hydroxylation sites is 1. The largest absolute Gasteiger partial charge is 0.456 e. The average molecular weight is 612 g/mol. The van der Waals surface area contributed by atoms with Crippen LogP contribution in [0.5, 0.6) is 0 Å². The second-order valence-corrected chi connectivity index (χ2v) is 12.5. The molecule has 48 heavy (non-hydrogen) atoms. The van der Waals surface area contributed by atoms with Crippen molar-refractivity contribution in [2.75, 3.05) is 4.90 Å². The minimum Gasteiger partial charge on any atom is -0.456 e. The lowest BCUT2D eigenvalue weighted by Gasteiger charge is -2.29. The van der Waals surface area contributed by atoms with Crippen molar-refractivity contribution in [1.29, 1.82) is 0 Å². The molecule has 0 saturated heterocycles. The Morgan fingerprint density at radius 3 is 1.92 bits per heavy atom. The lowest BCUT2D eigenvalue weighted by molar-refractivity contribution is 0.669. The maximum atomic E-state index is 6.43. The van der Waals surface area contributed by atoms with Crippen molar-refractivity contribution < 1.29 is 4.42 Å². The topological polar surface area (TPSA) is 16.4 Å². The molecule has 0 aliphatic heterocycles. The van der Waals surface area contributed by atoms with Gasteiger partial charge in [0.15, 0.2) is 0 Å². The van der Waals surface area contributed by atoms with Crippen molar-refractivity contribution in [3.63, 3.8) is 0 Å². The number of benzene rings is 9. The second-order valence-electron chi connectivity index (χ2n) is 12.5. The standard InChI is InChI=1S/C46H29NO/c1-2-12-30(13-3-1)32-15-10-17-35(26-32)47(42-22-11-16-33-27-41-38-20-8-9-23-44(38)48-45(41)29-40(33)42)43-28-34-25-24-31-14-4-5-18-36(31)46(34)39-21-7-6-19-37(39)43/h1-29H. The third kappa shape index (κ3) is 4.13. The van der Waals surface area contributed by atoms with E-state index in [0.717, 1.165) is 44.4 Å². The maximum absolute atomic E-state index is 6.43. The first-order valence-electron chi connectivity index (χ1n) is 16.4. The van der Waals surface area contributed by atoms with Gasteiger partial charge >= 0.3 is 0 Å². The molecule has 0 unspecified atom stereocenters. The van der Waals surface area contributed by atoms with Crippen LogP contribution in [-0.4, -0.2) is 0 Å². The number of rotatable bonds is 4. The van der Waals surface area contributed by atoms with Crippen LogP contribution in [0.4, 0.5) is 17.1 Å². The Kier molecular flexibility index (Phi) is 5.91. The van der Waals surface area contributed by atoms with E-state index in [4.69, 9.17) is 4.42 Å². The Hall–Kier alpha value is -6.38. The van der Waals surface area contributed by atoms with Crippen LogP contribution in [0.2, 0.25) is 0 Å². The highest BCUT2D eigenvalue weighted by atomic mass is 16.3. The first-order valence-corrected chi connectivity index (χ1v) is 16.4. The minimum atomic E-state index is 0.893. The van der Waals surface area contributed by atoms with Crippen molar-refractivity contribution in [1.82, 2.24) is 0 Å². The summed E-state index contributed by atoms with van der Waals surface area (Å²) in [4.78, 5) is 2.44. The number of fused-ring (bicyclic) bond motifs is 9. The van der Waals surface area contributed by atoms with Crippen molar-refractivity contribution in [2.24, 2.45) is 0 Å². The zero-order valence-corrected chi connectivity index (χ0v) is 26.1. The SMILES string of the molecule is c1ccc(-c2cccc(N(c3cccc4cc5c(cc34)oc3ccccc35)c3cc4ccc5ccccc5c4c4ccccc34)c2)cc1. The van der Waals surface area contributed by atoms with Gasteiger partial charge in [0.2, 0.25) is 0 Å². The average Bonchev–Trinajstić information content (AvgIpc) is 3.52. The van der Waals surface area contributed by atoms with Gasteiger partial charge < -0.3 is 9.32 Å². The molecule has 0 aliphatic rings. The highest BCUT2D eigenvalue weighted by Gasteiger charge is 2.21. The van der Waals surface area contributed by atoms with E-state index >= 15 is 0 Å². The lowest BCUT2D eigenvalue weighted by Crippen LogP contribution is -2.11. The van der Waals surface area contributed by atoms with Gasteiger partial charge in [0.05, 0.1) is 11.4 Å². The van der Waals surface area contributed by atoms with E-state index in [0.29, 0.717) is 0 Å². The fourth-order valence-electron chi connectivity index (χ4n) is 7.58. The summed E-state index contributed by atoms with van der Waals surface area (Å²) in [5, 5.41) is 12.0. The fourth-order valence-corrected chi connectivity index (χ4v) is 7.58. The van der Waals surface area contributed by atoms with Gasteiger partial charge in [-0.05, 0) is 85.9 Å². The quantitative estimate of drug-likeness (QED) is 0.184. The highest BCUT2D eigenvalue weighted by Crippen LogP contribution is 2.47. The highest BCUT2D eigenvalue weighted by molar-refractivity contribution is 6.24. The maximum Gasteiger partial charge on any atom is 0.136 e. The van der Waals surface area contributed by atoms with Gasteiger partial charge in [-0.2, -0.15) is 0 Å². The van der Waals surface area contributed by atoms with Gasteiger partial charge in [-0.3, -0.25) is 0 Å². The number of hydrogen-bond donors (Lipinski definition) is 0. The Bertz CT molecular complexity index is 2850. The van der Waals surface area contributed by atoms with Gasteiger partial charge in [0.25, 0.3) is 0 Å². The Balaban J connectivity index is 1.31. The molecule has 10 rings (SSSR count). The summed E-state index contributed by atoms with van der Waals surface area (Å²) in [5.41, 5.74) is 7.50. The van der Waals surface area contributed by atoms with E-state index < -0.39 is 0 Å². The summed E-state index contributed by atoms with van der Waals surface area (Å²) in [6.45, 7) is 0.